The van der Waals surface area contributed by atoms with E-state index in [-0.39, 0.29) is 0 Å². The Labute approximate surface area is 97.2 Å². The van der Waals surface area contributed by atoms with Crippen LogP contribution in [0.2, 0.25) is 0 Å². The van der Waals surface area contributed by atoms with Crippen molar-refractivity contribution in [2.45, 2.75) is 57.9 Å². The molecule has 0 radical (unpaired) electrons. The molecule has 0 aliphatic heterocycles. The van der Waals surface area contributed by atoms with Gasteiger partial charge < -0.3 is 5.73 Å². The molecule has 1 aromatic rings. The first-order valence-electron chi connectivity index (χ1n) is 6.49. The topological polar surface area (TPSA) is 56.7 Å². The van der Waals surface area contributed by atoms with Crippen LogP contribution in [0.1, 0.15) is 56.3 Å². The van der Waals surface area contributed by atoms with E-state index in [1.54, 1.807) is 0 Å². The van der Waals surface area contributed by atoms with Gasteiger partial charge in [-0.1, -0.05) is 25.0 Å². The minimum atomic E-state index is 0.671. The number of hydrogen-bond acceptors (Lipinski definition) is 3. The smallest absolute Gasteiger partial charge is 0.0874 e. The zero-order chi connectivity index (χ0) is 11.4. The van der Waals surface area contributed by atoms with Crippen LogP contribution < -0.4 is 5.73 Å². The molecule has 2 rings (SSSR count). The number of nitrogens with two attached hydrogens (primary N) is 1. The summed E-state index contributed by atoms with van der Waals surface area (Å²) in [4.78, 5) is 0. The number of nitrogens with zero attached hydrogens (tertiary/aromatic N) is 3. The zero-order valence-electron chi connectivity index (χ0n) is 10.2. The lowest BCUT2D eigenvalue weighted by Gasteiger charge is -2.13. The molecule has 90 valence electrons. The first kappa shape index (κ1) is 11.6. The van der Waals surface area contributed by atoms with Gasteiger partial charge in [0.1, 0.15) is 0 Å². The van der Waals surface area contributed by atoms with E-state index >= 15 is 0 Å². The monoisotopic (exact) mass is 222 g/mol. The third-order valence-electron chi connectivity index (χ3n) is 3.41. The first-order chi connectivity index (χ1) is 7.86. The lowest BCUT2D eigenvalue weighted by molar-refractivity contribution is 0.524. The van der Waals surface area contributed by atoms with Crippen molar-refractivity contribution in [3.05, 3.63) is 11.4 Å². The third-order valence-corrected chi connectivity index (χ3v) is 3.41. The molecule has 0 bridgehead atoms. The Morgan fingerprint density at radius 3 is 2.75 bits per heavy atom. The molecule has 1 aliphatic rings. The highest BCUT2D eigenvalue weighted by atomic mass is 15.4. The zero-order valence-corrected chi connectivity index (χ0v) is 10.2. The van der Waals surface area contributed by atoms with Crippen molar-refractivity contribution in [3.8, 4) is 0 Å². The van der Waals surface area contributed by atoms with E-state index in [2.05, 4.69) is 21.9 Å². The maximum atomic E-state index is 5.63. The average molecular weight is 222 g/mol. The van der Waals surface area contributed by atoms with Crippen molar-refractivity contribution >= 4 is 0 Å². The molecule has 0 atom stereocenters. The Kier molecular flexibility index (Phi) is 3.93. The molecule has 4 heteroatoms. The Morgan fingerprint density at radius 2 is 2.12 bits per heavy atom. The quantitative estimate of drug-likeness (QED) is 0.827. The molecule has 1 saturated carbocycles. The number of aryl methyl sites for hydroxylation is 1. The predicted molar refractivity (Wildman–Crippen MR) is 64.3 cm³/mol. The van der Waals surface area contributed by atoms with E-state index in [4.69, 9.17) is 5.73 Å². The highest BCUT2D eigenvalue weighted by Crippen LogP contribution is 2.35. The van der Waals surface area contributed by atoms with Crippen LogP contribution in [-0.2, 0) is 13.0 Å². The Balaban J connectivity index is 2.24. The molecule has 4 nitrogen and oxygen atoms in total. The second-order valence-electron chi connectivity index (χ2n) is 4.66. The fourth-order valence-electron chi connectivity index (χ4n) is 2.69. The average Bonchev–Trinajstić information content (AvgIpc) is 2.88. The second kappa shape index (κ2) is 5.43. The van der Waals surface area contributed by atoms with Crippen molar-refractivity contribution in [2.75, 3.05) is 6.54 Å². The summed E-state index contributed by atoms with van der Waals surface area (Å²) in [7, 11) is 0. The van der Waals surface area contributed by atoms with Crippen LogP contribution in [0.3, 0.4) is 0 Å². The van der Waals surface area contributed by atoms with Gasteiger partial charge in [0.05, 0.1) is 11.4 Å². The largest absolute Gasteiger partial charge is 0.330 e. The highest BCUT2D eigenvalue weighted by Gasteiger charge is 2.24. The van der Waals surface area contributed by atoms with Gasteiger partial charge in [-0.25, -0.2) is 4.68 Å². The van der Waals surface area contributed by atoms with Crippen molar-refractivity contribution in [3.63, 3.8) is 0 Å². The molecule has 1 heterocycles. The standard InChI is InChI=1S/C12H22N4/c1-2-9-16-12(10-5-3-4-6-10)11(7-8-13)14-15-16/h10H,2-9,13H2,1H3. The molecular formula is C12H22N4. The number of hydrogen-bond donors (Lipinski definition) is 1. The summed E-state index contributed by atoms with van der Waals surface area (Å²) in [6.07, 6.45) is 7.29. The van der Waals surface area contributed by atoms with Crippen molar-refractivity contribution < 1.29 is 0 Å². The molecule has 2 N–H and O–H groups in total. The fraction of sp³-hybridized carbons (Fsp3) is 0.833. The summed E-state index contributed by atoms with van der Waals surface area (Å²) >= 11 is 0. The van der Waals surface area contributed by atoms with Gasteiger partial charge in [-0.05, 0) is 25.8 Å². The van der Waals surface area contributed by atoms with E-state index in [9.17, 15) is 0 Å². The SMILES string of the molecule is CCCn1nnc(CCN)c1C1CCCC1. The summed E-state index contributed by atoms with van der Waals surface area (Å²) in [5, 5.41) is 8.58. The van der Waals surface area contributed by atoms with Crippen molar-refractivity contribution in [2.24, 2.45) is 5.73 Å². The van der Waals surface area contributed by atoms with Gasteiger partial charge in [-0.15, -0.1) is 5.10 Å². The molecule has 1 aliphatic carbocycles. The lowest BCUT2D eigenvalue weighted by atomic mass is 10.0. The fourth-order valence-corrected chi connectivity index (χ4v) is 2.69. The lowest BCUT2D eigenvalue weighted by Crippen LogP contribution is -2.11. The van der Waals surface area contributed by atoms with Gasteiger partial charge in [0.2, 0.25) is 0 Å². The van der Waals surface area contributed by atoms with Gasteiger partial charge in [0, 0.05) is 18.9 Å². The van der Waals surface area contributed by atoms with E-state index in [1.165, 1.54) is 31.4 Å². The van der Waals surface area contributed by atoms with Crippen molar-refractivity contribution in [1.82, 2.24) is 15.0 Å². The normalized spacial score (nSPS) is 17.1. The van der Waals surface area contributed by atoms with Gasteiger partial charge >= 0.3 is 0 Å². The minimum Gasteiger partial charge on any atom is -0.330 e. The van der Waals surface area contributed by atoms with E-state index in [0.29, 0.717) is 12.5 Å². The number of rotatable bonds is 5. The molecule has 0 unspecified atom stereocenters. The van der Waals surface area contributed by atoms with Crippen molar-refractivity contribution in [1.29, 1.82) is 0 Å². The third kappa shape index (κ3) is 2.26. The van der Waals surface area contributed by atoms with E-state index < -0.39 is 0 Å². The Hall–Kier alpha value is -0.900. The van der Waals surface area contributed by atoms with Crippen LogP contribution in [0.4, 0.5) is 0 Å². The molecule has 0 saturated heterocycles. The summed E-state index contributed by atoms with van der Waals surface area (Å²) < 4.78 is 2.11. The molecule has 1 fully saturated rings. The maximum Gasteiger partial charge on any atom is 0.0874 e. The van der Waals surface area contributed by atoms with Gasteiger partial charge in [0.25, 0.3) is 0 Å². The van der Waals surface area contributed by atoms with Crippen LogP contribution in [-0.4, -0.2) is 21.5 Å². The van der Waals surface area contributed by atoms with Gasteiger partial charge in [0.15, 0.2) is 0 Å². The summed E-state index contributed by atoms with van der Waals surface area (Å²) in [5.74, 6) is 0.683. The molecule has 0 aromatic carbocycles. The summed E-state index contributed by atoms with van der Waals surface area (Å²) in [6, 6.07) is 0. The molecule has 0 spiro atoms. The maximum absolute atomic E-state index is 5.63. The van der Waals surface area contributed by atoms with Crippen LogP contribution in [0, 0.1) is 0 Å². The molecule has 0 amide bonds. The van der Waals surface area contributed by atoms with Crippen LogP contribution >= 0.6 is 0 Å². The van der Waals surface area contributed by atoms with Crippen LogP contribution in [0.25, 0.3) is 0 Å². The second-order valence-corrected chi connectivity index (χ2v) is 4.66. The van der Waals surface area contributed by atoms with Crippen LogP contribution in [0.5, 0.6) is 0 Å². The van der Waals surface area contributed by atoms with Gasteiger partial charge in [-0.3, -0.25) is 0 Å². The summed E-state index contributed by atoms with van der Waals surface area (Å²) in [5.41, 5.74) is 8.16. The number of aromatic nitrogens is 3. The first-order valence-corrected chi connectivity index (χ1v) is 6.49. The van der Waals surface area contributed by atoms with E-state index in [1.807, 2.05) is 0 Å². The molecule has 1 aromatic heterocycles. The van der Waals surface area contributed by atoms with E-state index in [0.717, 1.165) is 25.1 Å². The molecule has 16 heavy (non-hydrogen) atoms. The Bertz CT molecular complexity index is 302. The molecular weight excluding hydrogens is 200 g/mol. The predicted octanol–water partition coefficient (Wildman–Crippen LogP) is 1.85. The van der Waals surface area contributed by atoms with Gasteiger partial charge in [-0.2, -0.15) is 0 Å². The summed E-state index contributed by atoms with van der Waals surface area (Å²) in [6.45, 7) is 3.84. The highest BCUT2D eigenvalue weighted by molar-refractivity contribution is 5.17. The minimum absolute atomic E-state index is 0.671. The van der Waals surface area contributed by atoms with Crippen LogP contribution in [0.15, 0.2) is 0 Å². The Morgan fingerprint density at radius 1 is 1.38 bits per heavy atom.